The van der Waals surface area contributed by atoms with Crippen LogP contribution in [0.3, 0.4) is 0 Å². The molecule has 2 N–H and O–H groups in total. The van der Waals surface area contributed by atoms with E-state index in [4.69, 9.17) is 5.11 Å². The first-order valence-corrected chi connectivity index (χ1v) is 8.33. The Labute approximate surface area is 144 Å². The number of aliphatic carboxylic acids is 1. The monoisotopic (exact) mass is 383 g/mol. The second-order valence-corrected chi connectivity index (χ2v) is 6.90. The van der Waals surface area contributed by atoms with Crippen LogP contribution in [0.25, 0.3) is 0 Å². The highest BCUT2D eigenvalue weighted by Gasteiger charge is 2.23. The average Bonchev–Trinajstić information content (AvgIpc) is 2.46. The van der Waals surface area contributed by atoms with Crippen LogP contribution in [0.5, 0.6) is 0 Å². The van der Waals surface area contributed by atoms with Crippen molar-refractivity contribution in [3.05, 3.63) is 34.3 Å². The molecule has 0 unspecified atom stereocenters. The molecule has 0 fully saturated rings. The molecule has 0 aromatic heterocycles. The summed E-state index contributed by atoms with van der Waals surface area (Å²) in [7, 11) is 0. The molecule has 0 spiro atoms. The van der Waals surface area contributed by atoms with Gasteiger partial charge in [-0.3, -0.25) is 14.4 Å². The van der Waals surface area contributed by atoms with Gasteiger partial charge in [-0.15, -0.1) is 0 Å². The summed E-state index contributed by atoms with van der Waals surface area (Å²) in [5.74, 6) is -1.73. The second kappa shape index (κ2) is 9.45. The van der Waals surface area contributed by atoms with Gasteiger partial charge in [0.1, 0.15) is 12.3 Å². The molecule has 5 nitrogen and oxygen atoms in total. The molecule has 0 saturated carbocycles. The van der Waals surface area contributed by atoms with Gasteiger partial charge in [0.25, 0.3) is 0 Å². The molecule has 23 heavy (non-hydrogen) atoms. The molecular formula is C17H22BrNO4. The number of ketones is 1. The third kappa shape index (κ3) is 7.93. The number of halogens is 1. The Bertz CT molecular complexity index is 554. The number of carbonyl (C=O) groups is 3. The Balaban J connectivity index is 2.64. The van der Waals surface area contributed by atoms with Crippen molar-refractivity contribution in [1.29, 1.82) is 0 Å². The van der Waals surface area contributed by atoms with Crippen LogP contribution in [-0.4, -0.2) is 29.3 Å². The Morgan fingerprint density at radius 2 is 1.78 bits per heavy atom. The predicted molar refractivity (Wildman–Crippen MR) is 91.1 cm³/mol. The van der Waals surface area contributed by atoms with Crippen LogP contribution in [0.15, 0.2) is 28.7 Å². The first-order valence-electron chi connectivity index (χ1n) is 7.53. The number of hydrogen-bond acceptors (Lipinski definition) is 3. The van der Waals surface area contributed by atoms with Crippen molar-refractivity contribution in [2.24, 2.45) is 11.8 Å². The lowest BCUT2D eigenvalue weighted by Gasteiger charge is -2.17. The molecule has 0 bridgehead atoms. The normalized spacial score (nSPS) is 12.0. The molecule has 1 aromatic carbocycles. The first kappa shape index (κ1) is 19.4. The van der Waals surface area contributed by atoms with E-state index >= 15 is 0 Å². The van der Waals surface area contributed by atoms with Gasteiger partial charge in [0.15, 0.2) is 0 Å². The molecule has 1 amide bonds. The van der Waals surface area contributed by atoms with Gasteiger partial charge in [-0.25, -0.2) is 0 Å². The maximum absolute atomic E-state index is 12.2. The van der Waals surface area contributed by atoms with Crippen molar-refractivity contribution in [3.63, 3.8) is 0 Å². The van der Waals surface area contributed by atoms with Gasteiger partial charge >= 0.3 is 5.97 Å². The third-order valence-corrected chi connectivity index (χ3v) is 3.86. The molecule has 0 heterocycles. The average molecular weight is 384 g/mol. The van der Waals surface area contributed by atoms with Gasteiger partial charge in [-0.05, 0) is 30.0 Å². The minimum atomic E-state index is -1.09. The minimum absolute atomic E-state index is 0.0246. The lowest BCUT2D eigenvalue weighted by atomic mass is 9.90. The molecule has 1 atom stereocenters. The molecule has 6 heteroatoms. The van der Waals surface area contributed by atoms with Crippen LogP contribution in [0.1, 0.15) is 32.3 Å². The smallest absolute Gasteiger partial charge is 0.322 e. The van der Waals surface area contributed by atoms with Crippen molar-refractivity contribution < 1.29 is 19.5 Å². The van der Waals surface area contributed by atoms with Crippen molar-refractivity contribution >= 4 is 33.6 Å². The number of rotatable bonds is 9. The van der Waals surface area contributed by atoms with E-state index in [1.807, 2.05) is 38.1 Å². The quantitative estimate of drug-likeness (QED) is 0.686. The number of Topliss-reactive ketones (excluding diaryl/α,β-unsaturated/α-hetero) is 1. The van der Waals surface area contributed by atoms with Crippen molar-refractivity contribution in [1.82, 2.24) is 5.32 Å². The summed E-state index contributed by atoms with van der Waals surface area (Å²) < 4.78 is 0.944. The largest absolute Gasteiger partial charge is 0.480 e. The van der Waals surface area contributed by atoms with E-state index in [2.05, 4.69) is 21.2 Å². The molecule has 0 aliphatic heterocycles. The van der Waals surface area contributed by atoms with Crippen LogP contribution in [0.2, 0.25) is 0 Å². The standard InChI is InChI=1S/C17H22BrNO4/c1-11(2)7-13(17(23)19-10-16(21)22)9-15(20)8-12-3-5-14(18)6-4-12/h3-6,11,13H,7-10H2,1-2H3,(H,19,23)(H,21,22)/t13-/m1/s1. The Hall–Kier alpha value is -1.69. The predicted octanol–water partition coefficient (Wildman–Crippen LogP) is 2.81. The van der Waals surface area contributed by atoms with Crippen LogP contribution < -0.4 is 5.32 Å². The molecule has 0 radical (unpaired) electrons. The number of nitrogens with one attached hydrogen (secondary N) is 1. The highest BCUT2D eigenvalue weighted by molar-refractivity contribution is 9.10. The zero-order chi connectivity index (χ0) is 17.4. The zero-order valence-corrected chi connectivity index (χ0v) is 14.9. The number of carboxylic acids is 1. The highest BCUT2D eigenvalue weighted by atomic mass is 79.9. The van der Waals surface area contributed by atoms with Crippen LogP contribution in [0.4, 0.5) is 0 Å². The van der Waals surface area contributed by atoms with E-state index in [0.717, 1.165) is 10.0 Å². The first-order chi connectivity index (χ1) is 10.8. The highest BCUT2D eigenvalue weighted by Crippen LogP contribution is 2.18. The second-order valence-electron chi connectivity index (χ2n) is 5.98. The summed E-state index contributed by atoms with van der Waals surface area (Å²) in [5, 5.41) is 11.0. The zero-order valence-electron chi connectivity index (χ0n) is 13.3. The fourth-order valence-electron chi connectivity index (χ4n) is 2.34. The van der Waals surface area contributed by atoms with Gasteiger partial charge in [0, 0.05) is 23.2 Å². The Morgan fingerprint density at radius 3 is 2.30 bits per heavy atom. The van der Waals surface area contributed by atoms with E-state index in [1.54, 1.807) is 0 Å². The number of carboxylic acid groups (broad SMARTS) is 1. The summed E-state index contributed by atoms with van der Waals surface area (Å²) in [5.41, 5.74) is 0.896. The third-order valence-electron chi connectivity index (χ3n) is 3.33. The van der Waals surface area contributed by atoms with Crippen molar-refractivity contribution in [3.8, 4) is 0 Å². The van der Waals surface area contributed by atoms with E-state index in [1.165, 1.54) is 0 Å². The molecule has 0 aliphatic carbocycles. The topological polar surface area (TPSA) is 83.5 Å². The minimum Gasteiger partial charge on any atom is -0.480 e. The summed E-state index contributed by atoms with van der Waals surface area (Å²) in [6.45, 7) is 3.52. The van der Waals surface area contributed by atoms with Gasteiger partial charge in [-0.2, -0.15) is 0 Å². The SMILES string of the molecule is CC(C)C[C@H](CC(=O)Cc1ccc(Br)cc1)C(=O)NCC(=O)O. The van der Waals surface area contributed by atoms with E-state index in [0.29, 0.717) is 6.42 Å². The van der Waals surface area contributed by atoms with Crippen LogP contribution in [-0.2, 0) is 20.8 Å². The number of carbonyl (C=O) groups excluding carboxylic acids is 2. The van der Waals surface area contributed by atoms with Gasteiger partial charge in [0.05, 0.1) is 0 Å². The van der Waals surface area contributed by atoms with E-state index in [9.17, 15) is 14.4 Å². The lowest BCUT2D eigenvalue weighted by Crippen LogP contribution is -2.36. The fourth-order valence-corrected chi connectivity index (χ4v) is 2.60. The summed E-state index contributed by atoms with van der Waals surface area (Å²) in [4.78, 5) is 34.9. The molecule has 0 saturated heterocycles. The number of hydrogen-bond donors (Lipinski definition) is 2. The number of benzene rings is 1. The lowest BCUT2D eigenvalue weighted by molar-refractivity contribution is -0.138. The van der Waals surface area contributed by atoms with Gasteiger partial charge in [0.2, 0.25) is 5.91 Å². The molecule has 126 valence electrons. The summed E-state index contributed by atoms with van der Waals surface area (Å²) in [6.07, 6.45) is 0.950. The molecular weight excluding hydrogens is 362 g/mol. The maximum Gasteiger partial charge on any atom is 0.322 e. The van der Waals surface area contributed by atoms with Crippen LogP contribution >= 0.6 is 15.9 Å². The summed E-state index contributed by atoms with van der Waals surface area (Å²) in [6, 6.07) is 7.47. The molecule has 1 rings (SSSR count). The molecule has 0 aliphatic rings. The Morgan fingerprint density at radius 1 is 1.17 bits per heavy atom. The van der Waals surface area contributed by atoms with E-state index < -0.39 is 18.4 Å². The summed E-state index contributed by atoms with van der Waals surface area (Å²) >= 11 is 3.34. The van der Waals surface area contributed by atoms with E-state index in [-0.39, 0.29) is 30.4 Å². The molecule has 1 aromatic rings. The van der Waals surface area contributed by atoms with Crippen LogP contribution in [0, 0.1) is 11.8 Å². The number of amides is 1. The Kier molecular flexibility index (Phi) is 7.95. The van der Waals surface area contributed by atoms with Gasteiger partial charge in [-0.1, -0.05) is 41.9 Å². The fraction of sp³-hybridized carbons (Fsp3) is 0.471. The van der Waals surface area contributed by atoms with Crippen molar-refractivity contribution in [2.45, 2.75) is 33.1 Å². The van der Waals surface area contributed by atoms with Crippen molar-refractivity contribution in [2.75, 3.05) is 6.54 Å². The van der Waals surface area contributed by atoms with Gasteiger partial charge < -0.3 is 10.4 Å². The maximum atomic E-state index is 12.2.